The fourth-order valence-electron chi connectivity index (χ4n) is 3.05. The van der Waals surface area contributed by atoms with Crippen LogP contribution in [-0.4, -0.2) is 49.5 Å². The van der Waals surface area contributed by atoms with E-state index < -0.39 is 10.1 Å². The summed E-state index contributed by atoms with van der Waals surface area (Å²) in [6.45, 7) is 2.13. The van der Waals surface area contributed by atoms with Crippen LogP contribution in [0.4, 0.5) is 4.79 Å². The maximum Gasteiger partial charge on any atom is 0.410 e. The molecule has 2 bridgehead atoms. The summed E-state index contributed by atoms with van der Waals surface area (Å²) in [4.78, 5) is 13.7. The van der Waals surface area contributed by atoms with E-state index >= 15 is 0 Å². The van der Waals surface area contributed by atoms with Crippen molar-refractivity contribution < 1.29 is 22.2 Å². The Morgan fingerprint density at radius 2 is 1.90 bits per heavy atom. The summed E-state index contributed by atoms with van der Waals surface area (Å²) < 4.78 is 31.3. The molecule has 0 aromatic carbocycles. The molecule has 2 aliphatic rings. The van der Waals surface area contributed by atoms with E-state index in [1.807, 2.05) is 0 Å². The van der Waals surface area contributed by atoms with Crippen LogP contribution in [0.15, 0.2) is 5.16 Å². The zero-order valence-corrected chi connectivity index (χ0v) is 13.6. The molecule has 0 spiro atoms. The molecule has 21 heavy (non-hydrogen) atoms. The van der Waals surface area contributed by atoms with Crippen LogP contribution in [0.2, 0.25) is 0 Å². The van der Waals surface area contributed by atoms with Crippen LogP contribution in [0, 0.1) is 5.92 Å². The van der Waals surface area contributed by atoms with Crippen LogP contribution in [0.1, 0.15) is 32.6 Å². The number of hydrogen-bond donors (Lipinski definition) is 0. The molecule has 120 valence electrons. The lowest BCUT2D eigenvalue weighted by Gasteiger charge is -2.37. The lowest BCUT2D eigenvalue weighted by Crippen LogP contribution is -2.47. The molecule has 2 fully saturated rings. The van der Waals surface area contributed by atoms with Crippen LogP contribution in [-0.2, 0) is 19.1 Å². The first kappa shape index (κ1) is 16.4. The average molecular weight is 339 g/mol. The molecule has 2 rings (SSSR count). The zero-order chi connectivity index (χ0) is 15.6. The van der Waals surface area contributed by atoms with Crippen molar-refractivity contribution in [2.24, 2.45) is 11.1 Å². The number of oxime groups is 1. The molecule has 0 aromatic heterocycles. The lowest BCUT2D eigenvalue weighted by atomic mass is 9.92. The van der Waals surface area contributed by atoms with Gasteiger partial charge in [0.15, 0.2) is 0 Å². The molecular weight excluding hydrogens is 320 g/mol. The predicted octanol–water partition coefficient (Wildman–Crippen LogP) is 1.91. The van der Waals surface area contributed by atoms with Crippen molar-refractivity contribution in [2.75, 3.05) is 12.9 Å². The van der Waals surface area contributed by atoms with E-state index in [1.54, 1.807) is 11.8 Å². The summed E-state index contributed by atoms with van der Waals surface area (Å²) >= 11 is 6.04. The van der Waals surface area contributed by atoms with Crippen LogP contribution >= 0.6 is 11.6 Å². The number of nitrogens with zero attached hydrogens (tertiary/aromatic N) is 2. The Bertz CT molecular complexity index is 522. The van der Waals surface area contributed by atoms with Crippen LogP contribution in [0.25, 0.3) is 0 Å². The lowest BCUT2D eigenvalue weighted by molar-refractivity contribution is 0.0679. The van der Waals surface area contributed by atoms with Gasteiger partial charge in [0.25, 0.3) is 0 Å². The minimum atomic E-state index is -3.66. The number of hydrogen-bond acceptors (Lipinski definition) is 6. The number of rotatable bonds is 4. The van der Waals surface area contributed by atoms with Gasteiger partial charge in [-0.1, -0.05) is 16.8 Å². The molecule has 7 nitrogen and oxygen atoms in total. The van der Waals surface area contributed by atoms with Gasteiger partial charge in [0, 0.05) is 18.0 Å². The van der Waals surface area contributed by atoms with Crippen molar-refractivity contribution in [1.29, 1.82) is 0 Å². The van der Waals surface area contributed by atoms with Crippen LogP contribution in [0.3, 0.4) is 0 Å². The molecule has 0 saturated carbocycles. The Labute approximate surface area is 129 Å². The monoisotopic (exact) mass is 338 g/mol. The van der Waals surface area contributed by atoms with Crippen molar-refractivity contribution >= 4 is 33.0 Å². The normalized spacial score (nSPS) is 29.4. The summed E-state index contributed by atoms with van der Waals surface area (Å²) in [7, 11) is -3.66. The summed E-state index contributed by atoms with van der Waals surface area (Å²) in [5.74, 6) is -0.0865. The Morgan fingerprint density at radius 1 is 1.33 bits per heavy atom. The second-order valence-electron chi connectivity index (χ2n) is 5.35. The van der Waals surface area contributed by atoms with Crippen molar-refractivity contribution in [3.05, 3.63) is 0 Å². The second kappa shape index (κ2) is 6.39. The maximum absolute atomic E-state index is 11.9. The Hall–Kier alpha value is -1.02. The first-order chi connectivity index (χ1) is 9.81. The third-order valence-electron chi connectivity index (χ3n) is 3.81. The highest BCUT2D eigenvalue weighted by atomic mass is 35.5. The number of amides is 1. The summed E-state index contributed by atoms with van der Waals surface area (Å²) in [6, 6.07) is 0.130. The minimum Gasteiger partial charge on any atom is -0.450 e. The van der Waals surface area contributed by atoms with E-state index in [1.165, 1.54) is 0 Å². The van der Waals surface area contributed by atoms with Crippen molar-refractivity contribution in [3.63, 3.8) is 0 Å². The summed E-state index contributed by atoms with van der Waals surface area (Å²) in [6.07, 6.45) is 3.71. The maximum atomic E-state index is 11.9. The number of ether oxygens (including phenoxy) is 1. The van der Waals surface area contributed by atoms with Gasteiger partial charge < -0.3 is 9.64 Å². The molecule has 1 amide bonds. The number of piperidine rings is 1. The Balaban J connectivity index is 2.02. The molecule has 2 atom stereocenters. The molecule has 0 aromatic rings. The van der Waals surface area contributed by atoms with Gasteiger partial charge in [-0.05, 0) is 32.6 Å². The fraction of sp³-hybridized carbons (Fsp3) is 0.833. The van der Waals surface area contributed by atoms with Crippen molar-refractivity contribution in [1.82, 2.24) is 4.90 Å². The van der Waals surface area contributed by atoms with Gasteiger partial charge in [-0.3, -0.25) is 4.28 Å². The summed E-state index contributed by atoms with van der Waals surface area (Å²) in [5, 5.41) is 3.62. The molecule has 2 saturated heterocycles. The average Bonchev–Trinajstić information content (AvgIpc) is 2.66. The topological polar surface area (TPSA) is 85.3 Å². The van der Waals surface area contributed by atoms with Crippen molar-refractivity contribution in [2.45, 2.75) is 44.7 Å². The fourth-order valence-corrected chi connectivity index (χ4v) is 3.51. The van der Waals surface area contributed by atoms with Gasteiger partial charge in [-0.25, -0.2) is 4.79 Å². The number of fused-ring (bicyclic) bond motifs is 2. The highest BCUT2D eigenvalue weighted by Crippen LogP contribution is 2.40. The first-order valence-electron chi connectivity index (χ1n) is 6.89. The predicted molar refractivity (Wildman–Crippen MR) is 77.6 cm³/mol. The van der Waals surface area contributed by atoms with E-state index in [0.29, 0.717) is 19.4 Å². The number of carbonyl (C=O) groups is 1. The minimum absolute atomic E-state index is 0.0648. The molecule has 2 unspecified atom stereocenters. The molecule has 0 aliphatic carbocycles. The van der Waals surface area contributed by atoms with E-state index in [4.69, 9.17) is 16.3 Å². The Kier molecular flexibility index (Phi) is 4.98. The summed E-state index contributed by atoms with van der Waals surface area (Å²) in [5.41, 5.74) is 0. The molecule has 2 heterocycles. The van der Waals surface area contributed by atoms with Gasteiger partial charge in [0.05, 0.1) is 12.9 Å². The van der Waals surface area contributed by atoms with Gasteiger partial charge in [-0.15, -0.1) is 0 Å². The number of carbonyl (C=O) groups excluding carboxylic acids is 1. The zero-order valence-electron chi connectivity index (χ0n) is 12.0. The smallest absolute Gasteiger partial charge is 0.410 e. The van der Waals surface area contributed by atoms with E-state index in [9.17, 15) is 13.2 Å². The van der Waals surface area contributed by atoms with Crippen molar-refractivity contribution in [3.8, 4) is 0 Å². The standard InChI is InChI=1S/C12H19ClN2O5S/c1-3-19-12(16)15-9-4-5-10(15)7-8(6-9)11(13)14-20-21(2,17)18/h8-10H,3-7H2,1-2H3. The van der Waals surface area contributed by atoms with Crippen LogP contribution < -0.4 is 0 Å². The SMILES string of the molecule is CCOC(=O)N1C2CCC1CC(C(Cl)=NOS(C)(=O)=O)C2. The van der Waals surface area contributed by atoms with Gasteiger partial charge in [0.2, 0.25) is 0 Å². The van der Waals surface area contributed by atoms with E-state index in [-0.39, 0.29) is 29.3 Å². The molecule has 2 aliphatic heterocycles. The Morgan fingerprint density at radius 3 is 2.38 bits per heavy atom. The third kappa shape index (κ3) is 4.00. The molecule has 0 radical (unpaired) electrons. The third-order valence-corrected chi connectivity index (χ3v) is 4.53. The molecule has 9 heteroatoms. The molecule has 0 N–H and O–H groups in total. The molecular formula is C12H19ClN2O5S. The van der Waals surface area contributed by atoms with Gasteiger partial charge >= 0.3 is 16.2 Å². The quantitative estimate of drug-likeness (QED) is 0.577. The second-order valence-corrected chi connectivity index (χ2v) is 7.30. The number of halogens is 1. The van der Waals surface area contributed by atoms with E-state index in [2.05, 4.69) is 9.44 Å². The van der Waals surface area contributed by atoms with Gasteiger partial charge in [0.1, 0.15) is 5.17 Å². The first-order valence-corrected chi connectivity index (χ1v) is 9.08. The highest BCUT2D eigenvalue weighted by Gasteiger charge is 2.45. The van der Waals surface area contributed by atoms with Gasteiger partial charge in [-0.2, -0.15) is 8.42 Å². The highest BCUT2D eigenvalue weighted by molar-refractivity contribution is 7.85. The van der Waals surface area contributed by atoms with E-state index in [0.717, 1.165) is 19.1 Å². The largest absolute Gasteiger partial charge is 0.450 e. The van der Waals surface area contributed by atoms with Crippen LogP contribution in [0.5, 0.6) is 0 Å².